The largest absolute Gasteiger partial charge is 0.383 e. The minimum atomic E-state index is 0.419. The summed E-state index contributed by atoms with van der Waals surface area (Å²) in [5.74, 6) is 0.616. The number of hydrogen-bond acceptors (Lipinski definition) is 3. The zero-order valence-electron chi connectivity index (χ0n) is 8.17. The molecule has 0 saturated carbocycles. The average molecular weight is 173 g/mol. The van der Waals surface area contributed by atoms with Gasteiger partial charge in [0.15, 0.2) is 0 Å². The Balaban J connectivity index is 2.33. The summed E-state index contributed by atoms with van der Waals surface area (Å²) in [6.07, 6.45) is 1.57. The summed E-state index contributed by atoms with van der Waals surface area (Å²) in [5, 5.41) is 3.26. The van der Waals surface area contributed by atoms with Crippen molar-refractivity contribution in [3.63, 3.8) is 0 Å². The van der Waals surface area contributed by atoms with Crippen LogP contribution in [0.25, 0.3) is 0 Å². The molecule has 3 nitrogen and oxygen atoms in total. The summed E-state index contributed by atoms with van der Waals surface area (Å²) < 4.78 is 10.6. The van der Waals surface area contributed by atoms with Gasteiger partial charge in [-0.1, -0.05) is 0 Å². The Kier molecular flexibility index (Phi) is 3.98. The molecule has 0 aromatic heterocycles. The molecule has 1 N–H and O–H groups in total. The molecule has 0 radical (unpaired) electrons. The van der Waals surface area contributed by atoms with E-state index in [0.717, 1.165) is 19.6 Å². The molecule has 1 aliphatic heterocycles. The van der Waals surface area contributed by atoms with Gasteiger partial charge in [-0.3, -0.25) is 0 Å². The molecular formula is C9H19NO2. The number of hydrogen-bond donors (Lipinski definition) is 1. The molecule has 1 saturated heterocycles. The van der Waals surface area contributed by atoms with Gasteiger partial charge in [-0.2, -0.15) is 0 Å². The Morgan fingerprint density at radius 1 is 1.67 bits per heavy atom. The van der Waals surface area contributed by atoms with Crippen molar-refractivity contribution in [2.24, 2.45) is 5.92 Å². The normalized spacial score (nSPS) is 32.2. The fourth-order valence-corrected chi connectivity index (χ4v) is 1.77. The minimum Gasteiger partial charge on any atom is -0.383 e. The van der Waals surface area contributed by atoms with Crippen LogP contribution in [0.3, 0.4) is 0 Å². The molecule has 3 atom stereocenters. The van der Waals surface area contributed by atoms with Crippen molar-refractivity contribution in [3.05, 3.63) is 0 Å². The van der Waals surface area contributed by atoms with Crippen LogP contribution >= 0.6 is 0 Å². The van der Waals surface area contributed by atoms with E-state index >= 15 is 0 Å². The van der Waals surface area contributed by atoms with E-state index in [1.165, 1.54) is 0 Å². The molecule has 3 unspecified atom stereocenters. The maximum atomic E-state index is 5.50. The topological polar surface area (TPSA) is 30.5 Å². The summed E-state index contributed by atoms with van der Waals surface area (Å²) in [6, 6.07) is 0.444. The number of rotatable bonds is 4. The summed E-state index contributed by atoms with van der Waals surface area (Å²) in [5.41, 5.74) is 0. The number of ether oxygens (including phenoxy) is 2. The quantitative estimate of drug-likeness (QED) is 0.677. The van der Waals surface area contributed by atoms with Crippen molar-refractivity contribution in [2.45, 2.75) is 25.5 Å². The lowest BCUT2D eigenvalue weighted by molar-refractivity contribution is 0.105. The maximum Gasteiger partial charge on any atom is 0.0619 e. The molecule has 3 heteroatoms. The van der Waals surface area contributed by atoms with Crippen LogP contribution in [-0.2, 0) is 9.47 Å². The molecule has 0 aromatic carbocycles. The smallest absolute Gasteiger partial charge is 0.0619 e. The Hall–Kier alpha value is -0.120. The van der Waals surface area contributed by atoms with Gasteiger partial charge in [0.25, 0.3) is 0 Å². The van der Waals surface area contributed by atoms with Crippen molar-refractivity contribution in [1.29, 1.82) is 0 Å². The van der Waals surface area contributed by atoms with E-state index in [9.17, 15) is 0 Å². The first-order chi connectivity index (χ1) is 5.77. The molecule has 1 heterocycles. The lowest BCUT2D eigenvalue weighted by Gasteiger charge is -2.20. The Morgan fingerprint density at radius 3 is 2.83 bits per heavy atom. The van der Waals surface area contributed by atoms with E-state index in [0.29, 0.717) is 18.1 Å². The third kappa shape index (κ3) is 2.44. The number of nitrogens with one attached hydrogen (secondary N) is 1. The highest BCUT2D eigenvalue weighted by molar-refractivity contribution is 4.80. The molecule has 0 spiro atoms. The Labute approximate surface area is 74.4 Å². The first-order valence-corrected chi connectivity index (χ1v) is 4.55. The van der Waals surface area contributed by atoms with Crippen LogP contribution in [0.5, 0.6) is 0 Å². The molecular weight excluding hydrogens is 154 g/mol. The van der Waals surface area contributed by atoms with E-state index in [-0.39, 0.29) is 0 Å². The summed E-state index contributed by atoms with van der Waals surface area (Å²) in [6.45, 7) is 3.77. The second-order valence-electron chi connectivity index (χ2n) is 3.49. The van der Waals surface area contributed by atoms with Gasteiger partial charge >= 0.3 is 0 Å². The number of methoxy groups -OCH3 is 1. The lowest BCUT2D eigenvalue weighted by atomic mass is 9.98. The highest BCUT2D eigenvalue weighted by Crippen LogP contribution is 2.22. The van der Waals surface area contributed by atoms with Crippen molar-refractivity contribution in [3.8, 4) is 0 Å². The van der Waals surface area contributed by atoms with Gasteiger partial charge in [-0.05, 0) is 20.4 Å². The molecule has 0 aromatic rings. The fourth-order valence-electron chi connectivity index (χ4n) is 1.77. The first kappa shape index (κ1) is 9.96. The summed E-state index contributed by atoms with van der Waals surface area (Å²) in [4.78, 5) is 0. The van der Waals surface area contributed by atoms with Crippen molar-refractivity contribution < 1.29 is 9.47 Å². The second-order valence-corrected chi connectivity index (χ2v) is 3.49. The molecule has 72 valence electrons. The van der Waals surface area contributed by atoms with Gasteiger partial charge in [-0.25, -0.2) is 0 Å². The molecule has 1 aliphatic rings. The van der Waals surface area contributed by atoms with E-state index in [2.05, 4.69) is 12.2 Å². The first-order valence-electron chi connectivity index (χ1n) is 4.55. The van der Waals surface area contributed by atoms with Gasteiger partial charge in [0.1, 0.15) is 0 Å². The van der Waals surface area contributed by atoms with Gasteiger partial charge in [0.05, 0.1) is 19.3 Å². The van der Waals surface area contributed by atoms with Crippen LogP contribution in [-0.4, -0.2) is 39.5 Å². The summed E-state index contributed by atoms with van der Waals surface area (Å²) >= 11 is 0. The van der Waals surface area contributed by atoms with Gasteiger partial charge < -0.3 is 14.8 Å². The minimum absolute atomic E-state index is 0.419. The number of likely N-dealkylation sites (N-methyl/N-ethyl adjacent to an activating group) is 1. The maximum absolute atomic E-state index is 5.50. The van der Waals surface area contributed by atoms with E-state index in [1.54, 1.807) is 7.11 Å². The average Bonchev–Trinajstić information content (AvgIpc) is 2.47. The van der Waals surface area contributed by atoms with Crippen molar-refractivity contribution in [1.82, 2.24) is 5.32 Å². The van der Waals surface area contributed by atoms with Gasteiger partial charge in [0, 0.05) is 19.1 Å². The lowest BCUT2D eigenvalue weighted by Crippen LogP contribution is -2.37. The summed E-state index contributed by atoms with van der Waals surface area (Å²) in [7, 11) is 3.72. The highest BCUT2D eigenvalue weighted by Gasteiger charge is 2.28. The van der Waals surface area contributed by atoms with Gasteiger partial charge in [0.2, 0.25) is 0 Å². The predicted molar refractivity (Wildman–Crippen MR) is 48.2 cm³/mol. The van der Waals surface area contributed by atoms with Crippen LogP contribution in [0, 0.1) is 5.92 Å². The third-order valence-electron chi connectivity index (χ3n) is 2.52. The highest BCUT2D eigenvalue weighted by atomic mass is 16.5. The fraction of sp³-hybridized carbons (Fsp3) is 1.00. The second kappa shape index (κ2) is 4.80. The van der Waals surface area contributed by atoms with Crippen LogP contribution in [0.1, 0.15) is 13.3 Å². The van der Waals surface area contributed by atoms with Crippen LogP contribution in [0.2, 0.25) is 0 Å². The molecule has 1 fully saturated rings. The van der Waals surface area contributed by atoms with E-state index in [1.807, 2.05) is 7.05 Å². The van der Waals surface area contributed by atoms with Gasteiger partial charge in [-0.15, -0.1) is 0 Å². The molecule has 0 aliphatic carbocycles. The monoisotopic (exact) mass is 173 g/mol. The molecule has 0 amide bonds. The molecule has 1 rings (SSSR count). The zero-order valence-corrected chi connectivity index (χ0v) is 8.17. The Bertz CT molecular complexity index is 128. The zero-order chi connectivity index (χ0) is 8.97. The van der Waals surface area contributed by atoms with Crippen molar-refractivity contribution in [2.75, 3.05) is 27.4 Å². The Morgan fingerprint density at radius 2 is 2.42 bits per heavy atom. The molecule has 0 bridgehead atoms. The SMILES string of the molecule is CNC(COC)C1COC(C)C1. The predicted octanol–water partition coefficient (Wildman–Crippen LogP) is 0.646. The van der Waals surface area contributed by atoms with Crippen LogP contribution in [0.15, 0.2) is 0 Å². The van der Waals surface area contributed by atoms with E-state index < -0.39 is 0 Å². The standard InChI is InChI=1S/C9H19NO2/c1-7-4-8(5-12-7)9(10-2)6-11-3/h7-10H,4-6H2,1-3H3. The molecule has 12 heavy (non-hydrogen) atoms. The third-order valence-corrected chi connectivity index (χ3v) is 2.52. The van der Waals surface area contributed by atoms with Crippen LogP contribution in [0.4, 0.5) is 0 Å². The van der Waals surface area contributed by atoms with E-state index in [4.69, 9.17) is 9.47 Å². The van der Waals surface area contributed by atoms with Crippen molar-refractivity contribution >= 4 is 0 Å². The van der Waals surface area contributed by atoms with Crippen LogP contribution < -0.4 is 5.32 Å².